The normalized spacial score (nSPS) is 27.1. The fraction of sp³-hybridized carbons (Fsp3) is 0.400. The van der Waals surface area contributed by atoms with Gasteiger partial charge in [0, 0.05) is 5.88 Å². The summed E-state index contributed by atoms with van der Waals surface area (Å²) >= 11 is 6.64. The van der Waals surface area contributed by atoms with Gasteiger partial charge in [-0.15, -0.1) is 11.6 Å². The Hall–Kier alpha value is 0.0500. The first kappa shape index (κ1) is 6.17. The molecule has 8 heavy (non-hydrogen) atoms. The molecule has 44 valence electrons. The van der Waals surface area contributed by atoms with E-state index in [-0.39, 0.29) is 11.0 Å². The van der Waals surface area contributed by atoms with Crippen molar-refractivity contribution in [2.45, 2.75) is 0 Å². The second-order valence-electron chi connectivity index (χ2n) is 1.53. The van der Waals surface area contributed by atoms with Crippen molar-refractivity contribution in [1.82, 2.24) is 0 Å². The third kappa shape index (κ3) is 1.06. The molecule has 1 aliphatic rings. The maximum Gasteiger partial charge on any atom is 0.201 e. The summed E-state index contributed by atoms with van der Waals surface area (Å²) in [6.07, 6.45) is 1.83. The Balaban J connectivity index is 2.53. The molecule has 0 aromatic heterocycles. The topological polar surface area (TPSA) is 17.1 Å². The van der Waals surface area contributed by atoms with Crippen LogP contribution in [0.4, 0.5) is 0 Å². The molecule has 0 bridgehead atoms. The highest BCUT2D eigenvalue weighted by Crippen LogP contribution is 2.22. The number of carbonyl (C=O) groups excluding carboxylic acids is 1. The van der Waals surface area contributed by atoms with Gasteiger partial charge in [-0.25, -0.2) is 0 Å². The molecule has 1 aliphatic heterocycles. The number of hydrogen-bond donors (Lipinski definition) is 0. The van der Waals surface area contributed by atoms with E-state index in [4.69, 9.17) is 11.6 Å². The zero-order chi connectivity index (χ0) is 5.98. The number of thioether (sulfide) groups is 1. The van der Waals surface area contributed by atoms with E-state index >= 15 is 0 Å². The summed E-state index contributed by atoms with van der Waals surface area (Å²) in [5.74, 6) is 0.393. The minimum Gasteiger partial charge on any atom is -0.286 e. The van der Waals surface area contributed by atoms with Crippen molar-refractivity contribution in [3.63, 3.8) is 0 Å². The molecule has 0 fully saturated rings. The summed E-state index contributed by atoms with van der Waals surface area (Å²) < 4.78 is 0. The van der Waals surface area contributed by atoms with Crippen LogP contribution in [0.2, 0.25) is 0 Å². The van der Waals surface area contributed by atoms with Gasteiger partial charge in [-0.2, -0.15) is 0 Å². The lowest BCUT2D eigenvalue weighted by atomic mass is 10.2. The molecule has 0 amide bonds. The highest BCUT2D eigenvalue weighted by Gasteiger charge is 2.17. The van der Waals surface area contributed by atoms with Crippen molar-refractivity contribution in [2.75, 3.05) is 5.88 Å². The Labute approximate surface area is 57.1 Å². The first-order chi connectivity index (χ1) is 3.84. The Bertz CT molecular complexity index is 132. The van der Waals surface area contributed by atoms with Crippen molar-refractivity contribution in [3.05, 3.63) is 11.5 Å². The molecule has 1 rings (SSSR count). The van der Waals surface area contributed by atoms with Crippen LogP contribution < -0.4 is 0 Å². The lowest BCUT2D eigenvalue weighted by molar-refractivity contribution is -0.112. The Kier molecular flexibility index (Phi) is 1.97. The van der Waals surface area contributed by atoms with Crippen molar-refractivity contribution in [2.24, 2.45) is 5.92 Å². The summed E-state index contributed by atoms with van der Waals surface area (Å²) in [5, 5.41) is 1.95. The van der Waals surface area contributed by atoms with E-state index in [0.717, 1.165) is 0 Å². The van der Waals surface area contributed by atoms with Crippen LogP contribution in [-0.4, -0.2) is 11.0 Å². The molecular weight excluding hydrogens is 144 g/mol. The molecule has 0 spiro atoms. The van der Waals surface area contributed by atoms with E-state index in [1.54, 1.807) is 5.41 Å². The predicted molar refractivity (Wildman–Crippen MR) is 35.9 cm³/mol. The highest BCUT2D eigenvalue weighted by atomic mass is 35.5. The zero-order valence-corrected chi connectivity index (χ0v) is 5.71. The molecule has 0 saturated carbocycles. The van der Waals surface area contributed by atoms with Gasteiger partial charge < -0.3 is 0 Å². The molecule has 1 nitrogen and oxygen atoms in total. The summed E-state index contributed by atoms with van der Waals surface area (Å²) in [5.41, 5.74) is 0. The third-order valence-electron chi connectivity index (χ3n) is 0.964. The standard InChI is InChI=1S/C5H5ClOS/c6-3-4-1-2-8-5(4)7/h1-2,4H,3H2. The van der Waals surface area contributed by atoms with Crippen LogP contribution in [0.15, 0.2) is 11.5 Å². The summed E-state index contributed by atoms with van der Waals surface area (Å²) in [6.45, 7) is 0. The molecule has 0 aliphatic carbocycles. The van der Waals surface area contributed by atoms with E-state index in [1.807, 2.05) is 6.08 Å². The summed E-state index contributed by atoms with van der Waals surface area (Å²) in [7, 11) is 0. The fourth-order valence-corrected chi connectivity index (χ4v) is 1.56. The van der Waals surface area contributed by atoms with Crippen molar-refractivity contribution in [3.8, 4) is 0 Å². The van der Waals surface area contributed by atoms with Crippen LogP contribution in [0.5, 0.6) is 0 Å². The third-order valence-corrected chi connectivity index (χ3v) is 2.12. The monoisotopic (exact) mass is 148 g/mol. The molecule has 1 heterocycles. The van der Waals surface area contributed by atoms with E-state index in [9.17, 15) is 4.79 Å². The van der Waals surface area contributed by atoms with Crippen LogP contribution in [0.3, 0.4) is 0 Å². The molecule has 0 radical (unpaired) electrons. The Morgan fingerprint density at radius 1 is 1.88 bits per heavy atom. The maximum absolute atomic E-state index is 10.6. The number of carbonyl (C=O) groups is 1. The zero-order valence-electron chi connectivity index (χ0n) is 4.13. The molecular formula is C5H5ClOS. The van der Waals surface area contributed by atoms with Crippen molar-refractivity contribution >= 4 is 28.5 Å². The van der Waals surface area contributed by atoms with Crippen LogP contribution >= 0.6 is 23.4 Å². The quantitative estimate of drug-likeness (QED) is 0.526. The van der Waals surface area contributed by atoms with Gasteiger partial charge in [0.1, 0.15) is 0 Å². The first-order valence-electron chi connectivity index (χ1n) is 2.27. The van der Waals surface area contributed by atoms with Gasteiger partial charge >= 0.3 is 0 Å². The highest BCUT2D eigenvalue weighted by molar-refractivity contribution is 8.16. The van der Waals surface area contributed by atoms with Gasteiger partial charge in [0.15, 0.2) is 0 Å². The predicted octanol–water partition coefficient (Wildman–Crippen LogP) is 1.63. The lowest BCUT2D eigenvalue weighted by Gasteiger charge is -1.94. The molecule has 0 N–H and O–H groups in total. The van der Waals surface area contributed by atoms with E-state index in [2.05, 4.69) is 0 Å². The molecule has 1 atom stereocenters. The van der Waals surface area contributed by atoms with Crippen LogP contribution in [0.25, 0.3) is 0 Å². The maximum atomic E-state index is 10.6. The van der Waals surface area contributed by atoms with Gasteiger partial charge in [-0.3, -0.25) is 4.79 Å². The number of rotatable bonds is 1. The van der Waals surface area contributed by atoms with Crippen LogP contribution in [0, 0.1) is 5.92 Å². The van der Waals surface area contributed by atoms with Crippen LogP contribution in [-0.2, 0) is 4.79 Å². The Morgan fingerprint density at radius 3 is 2.88 bits per heavy atom. The number of hydrogen-bond acceptors (Lipinski definition) is 2. The average Bonchev–Trinajstić information content (AvgIpc) is 2.14. The minimum absolute atomic E-state index is 0.0262. The number of halogens is 1. The number of alkyl halides is 1. The molecule has 0 aromatic carbocycles. The summed E-state index contributed by atoms with van der Waals surface area (Å²) in [4.78, 5) is 10.6. The second kappa shape index (κ2) is 2.55. The van der Waals surface area contributed by atoms with Gasteiger partial charge in [-0.1, -0.05) is 17.8 Å². The largest absolute Gasteiger partial charge is 0.286 e. The minimum atomic E-state index is -0.0262. The average molecular weight is 149 g/mol. The van der Waals surface area contributed by atoms with E-state index < -0.39 is 0 Å². The molecule has 3 heteroatoms. The molecule has 1 unspecified atom stereocenters. The van der Waals surface area contributed by atoms with Crippen molar-refractivity contribution < 1.29 is 4.79 Å². The summed E-state index contributed by atoms with van der Waals surface area (Å²) in [6, 6.07) is 0. The van der Waals surface area contributed by atoms with E-state index in [1.165, 1.54) is 11.8 Å². The first-order valence-corrected chi connectivity index (χ1v) is 3.69. The second-order valence-corrected chi connectivity index (χ2v) is 2.75. The Morgan fingerprint density at radius 2 is 2.62 bits per heavy atom. The SMILES string of the molecule is O=C1SC=CC1CCl. The smallest absolute Gasteiger partial charge is 0.201 e. The lowest BCUT2D eigenvalue weighted by Crippen LogP contribution is -2.03. The van der Waals surface area contributed by atoms with E-state index in [0.29, 0.717) is 5.88 Å². The van der Waals surface area contributed by atoms with Gasteiger partial charge in [0.05, 0.1) is 5.92 Å². The van der Waals surface area contributed by atoms with Crippen molar-refractivity contribution in [1.29, 1.82) is 0 Å². The number of allylic oxidation sites excluding steroid dienone is 1. The van der Waals surface area contributed by atoms with Crippen LogP contribution in [0.1, 0.15) is 0 Å². The fourth-order valence-electron chi connectivity index (χ4n) is 0.482. The molecule has 0 saturated heterocycles. The van der Waals surface area contributed by atoms with Gasteiger partial charge in [0.25, 0.3) is 0 Å². The molecule has 0 aromatic rings. The van der Waals surface area contributed by atoms with Gasteiger partial charge in [-0.05, 0) is 5.41 Å². The van der Waals surface area contributed by atoms with Gasteiger partial charge in [0.2, 0.25) is 5.12 Å².